The van der Waals surface area contributed by atoms with Crippen molar-refractivity contribution in [2.45, 2.75) is 13.0 Å². The molecule has 0 fully saturated rings. The number of carbonyl (C=O) groups excluding carboxylic acids is 1. The minimum absolute atomic E-state index is 0.0769. The van der Waals surface area contributed by atoms with Crippen molar-refractivity contribution in [2.24, 2.45) is 5.73 Å². The molecule has 5 nitrogen and oxygen atoms in total. The molecular formula is C10H13N3O2S. The summed E-state index contributed by atoms with van der Waals surface area (Å²) in [6.45, 7) is 1.71. The highest BCUT2D eigenvalue weighted by atomic mass is 32.1. The van der Waals surface area contributed by atoms with E-state index in [0.29, 0.717) is 0 Å². The summed E-state index contributed by atoms with van der Waals surface area (Å²) >= 11 is 4.79. The first kappa shape index (κ1) is 12.4. The number of H-pyrrole nitrogens is 1. The number of pyridine rings is 1. The summed E-state index contributed by atoms with van der Waals surface area (Å²) in [7, 11) is 1.55. The molecule has 0 bridgehead atoms. The number of carbonyl (C=O) groups is 1. The quantitative estimate of drug-likeness (QED) is 0.734. The average molecular weight is 239 g/mol. The van der Waals surface area contributed by atoms with Gasteiger partial charge >= 0.3 is 0 Å². The number of likely N-dealkylation sites (N-methyl/N-ethyl adjacent to an activating group) is 1. The van der Waals surface area contributed by atoms with E-state index in [1.54, 1.807) is 14.0 Å². The first-order valence-corrected chi connectivity index (χ1v) is 5.09. The highest BCUT2D eigenvalue weighted by molar-refractivity contribution is 7.80. The van der Waals surface area contributed by atoms with Crippen LogP contribution in [0.4, 0.5) is 0 Å². The molecular weight excluding hydrogens is 226 g/mol. The third-order valence-electron chi connectivity index (χ3n) is 2.37. The number of nitrogens with one attached hydrogen (secondary N) is 1. The maximum atomic E-state index is 11.9. The number of nitrogens with zero attached hydrogens (tertiary/aromatic N) is 1. The molecule has 1 amide bonds. The van der Waals surface area contributed by atoms with Crippen LogP contribution in [-0.4, -0.2) is 33.9 Å². The topological polar surface area (TPSA) is 79.2 Å². The lowest BCUT2D eigenvalue weighted by molar-refractivity contribution is 0.0777. The number of rotatable bonds is 3. The maximum Gasteiger partial charge on any atom is 0.259 e. The Morgan fingerprint density at radius 2 is 2.25 bits per heavy atom. The largest absolute Gasteiger partial charge is 0.392 e. The van der Waals surface area contributed by atoms with Crippen LogP contribution in [0.5, 0.6) is 0 Å². The van der Waals surface area contributed by atoms with E-state index in [0.717, 1.165) is 0 Å². The third kappa shape index (κ3) is 2.46. The zero-order valence-corrected chi connectivity index (χ0v) is 9.88. The Balaban J connectivity index is 3.00. The van der Waals surface area contributed by atoms with Crippen molar-refractivity contribution in [3.05, 3.63) is 34.2 Å². The summed E-state index contributed by atoms with van der Waals surface area (Å²) < 4.78 is 0. The fraction of sp³-hybridized carbons (Fsp3) is 0.300. The van der Waals surface area contributed by atoms with Crippen LogP contribution in [0, 0.1) is 0 Å². The fourth-order valence-electron chi connectivity index (χ4n) is 1.14. The first-order chi connectivity index (χ1) is 7.45. The monoisotopic (exact) mass is 239 g/mol. The molecule has 0 aliphatic carbocycles. The predicted molar refractivity (Wildman–Crippen MR) is 65.4 cm³/mol. The molecule has 1 aromatic heterocycles. The average Bonchev–Trinajstić information content (AvgIpc) is 2.26. The van der Waals surface area contributed by atoms with Crippen LogP contribution in [0.3, 0.4) is 0 Å². The minimum atomic E-state index is -0.401. The van der Waals surface area contributed by atoms with Crippen molar-refractivity contribution in [1.82, 2.24) is 9.88 Å². The summed E-state index contributed by atoms with van der Waals surface area (Å²) in [6, 6.07) is 0.911. The summed E-state index contributed by atoms with van der Waals surface area (Å²) in [4.78, 5) is 27.6. The van der Waals surface area contributed by atoms with Crippen LogP contribution < -0.4 is 11.2 Å². The van der Waals surface area contributed by atoms with Crippen LogP contribution in [0.15, 0.2) is 23.3 Å². The zero-order valence-electron chi connectivity index (χ0n) is 9.06. The molecule has 1 unspecified atom stereocenters. The summed E-state index contributed by atoms with van der Waals surface area (Å²) in [5.41, 5.74) is 5.19. The van der Waals surface area contributed by atoms with E-state index < -0.39 is 5.91 Å². The number of amides is 1. The van der Waals surface area contributed by atoms with Crippen LogP contribution >= 0.6 is 12.2 Å². The molecule has 1 atom stereocenters. The van der Waals surface area contributed by atoms with E-state index in [9.17, 15) is 9.59 Å². The highest BCUT2D eigenvalue weighted by Crippen LogP contribution is 2.02. The highest BCUT2D eigenvalue weighted by Gasteiger charge is 2.20. The van der Waals surface area contributed by atoms with Crippen molar-refractivity contribution in [3.8, 4) is 0 Å². The molecule has 0 aliphatic heterocycles. The van der Waals surface area contributed by atoms with Crippen LogP contribution in [-0.2, 0) is 0 Å². The van der Waals surface area contributed by atoms with Gasteiger partial charge in [0, 0.05) is 25.5 Å². The molecule has 1 aromatic rings. The van der Waals surface area contributed by atoms with E-state index >= 15 is 0 Å². The summed E-state index contributed by atoms with van der Waals surface area (Å²) in [5, 5.41) is 0. The van der Waals surface area contributed by atoms with Crippen LogP contribution in [0.25, 0.3) is 0 Å². The smallest absolute Gasteiger partial charge is 0.259 e. The molecule has 1 rings (SSSR count). The van der Waals surface area contributed by atoms with Gasteiger partial charge in [-0.15, -0.1) is 0 Å². The van der Waals surface area contributed by atoms with Gasteiger partial charge in [0.2, 0.25) is 0 Å². The van der Waals surface area contributed by atoms with Gasteiger partial charge < -0.3 is 15.6 Å². The van der Waals surface area contributed by atoms with Gasteiger partial charge in [0.1, 0.15) is 5.56 Å². The van der Waals surface area contributed by atoms with Gasteiger partial charge in [-0.1, -0.05) is 12.2 Å². The number of nitrogens with two attached hydrogens (primary N) is 1. The van der Waals surface area contributed by atoms with Crippen molar-refractivity contribution < 1.29 is 4.79 Å². The number of thiocarbonyl (C=S) groups is 1. The Kier molecular flexibility index (Phi) is 3.78. The van der Waals surface area contributed by atoms with E-state index in [1.165, 1.54) is 23.4 Å². The zero-order chi connectivity index (χ0) is 12.3. The van der Waals surface area contributed by atoms with Gasteiger partial charge in [-0.25, -0.2) is 0 Å². The van der Waals surface area contributed by atoms with Crippen molar-refractivity contribution in [3.63, 3.8) is 0 Å². The normalized spacial score (nSPS) is 11.9. The van der Waals surface area contributed by atoms with Crippen LogP contribution in [0.1, 0.15) is 17.3 Å². The van der Waals surface area contributed by atoms with Gasteiger partial charge in [-0.2, -0.15) is 0 Å². The molecule has 0 aromatic carbocycles. The molecule has 0 saturated carbocycles. The second-order valence-electron chi connectivity index (χ2n) is 3.42. The van der Waals surface area contributed by atoms with E-state index in [-0.39, 0.29) is 22.0 Å². The summed E-state index contributed by atoms with van der Waals surface area (Å²) in [5.74, 6) is -0.401. The number of aromatic nitrogens is 1. The van der Waals surface area contributed by atoms with E-state index in [1.807, 2.05) is 0 Å². The van der Waals surface area contributed by atoms with Gasteiger partial charge in [0.15, 0.2) is 5.43 Å². The second kappa shape index (κ2) is 4.89. The lowest BCUT2D eigenvalue weighted by atomic mass is 10.2. The Labute approximate surface area is 98.3 Å². The van der Waals surface area contributed by atoms with Crippen LogP contribution in [0.2, 0.25) is 0 Å². The second-order valence-corrected chi connectivity index (χ2v) is 3.89. The molecule has 0 radical (unpaired) electrons. The van der Waals surface area contributed by atoms with Gasteiger partial charge in [0.05, 0.1) is 11.0 Å². The Morgan fingerprint density at radius 1 is 1.62 bits per heavy atom. The van der Waals surface area contributed by atoms with Crippen molar-refractivity contribution in [1.29, 1.82) is 0 Å². The molecule has 0 aliphatic rings. The number of hydrogen-bond donors (Lipinski definition) is 2. The standard InChI is InChI=1S/C10H13N3O2S/c1-6(9(11)16)13(2)10(15)7-5-12-4-3-8(7)14/h3-6H,1-2H3,(H2,11,16)(H,12,14). The number of aromatic amines is 1. The Morgan fingerprint density at radius 3 is 2.75 bits per heavy atom. The maximum absolute atomic E-state index is 11.9. The molecule has 86 valence electrons. The van der Waals surface area contributed by atoms with Gasteiger partial charge in [-0.3, -0.25) is 9.59 Å². The number of hydrogen-bond acceptors (Lipinski definition) is 3. The fourth-order valence-corrected chi connectivity index (χ4v) is 1.30. The van der Waals surface area contributed by atoms with Gasteiger partial charge in [-0.05, 0) is 6.92 Å². The first-order valence-electron chi connectivity index (χ1n) is 4.68. The Bertz CT molecular complexity index is 469. The van der Waals surface area contributed by atoms with Gasteiger partial charge in [0.25, 0.3) is 5.91 Å². The molecule has 0 saturated heterocycles. The lowest BCUT2D eigenvalue weighted by Crippen LogP contribution is -2.44. The van der Waals surface area contributed by atoms with Crippen molar-refractivity contribution in [2.75, 3.05) is 7.05 Å². The molecule has 3 N–H and O–H groups in total. The van der Waals surface area contributed by atoms with Crippen molar-refractivity contribution >= 4 is 23.1 Å². The Hall–Kier alpha value is -1.69. The van der Waals surface area contributed by atoms with E-state index in [4.69, 9.17) is 18.0 Å². The molecule has 1 heterocycles. The third-order valence-corrected chi connectivity index (χ3v) is 2.71. The summed E-state index contributed by atoms with van der Waals surface area (Å²) in [6.07, 6.45) is 2.84. The predicted octanol–water partition coefficient (Wildman–Crippen LogP) is 0.121. The lowest BCUT2D eigenvalue weighted by Gasteiger charge is -2.23. The molecule has 16 heavy (non-hydrogen) atoms. The molecule has 6 heteroatoms. The molecule has 0 spiro atoms. The van der Waals surface area contributed by atoms with E-state index in [2.05, 4.69) is 4.98 Å². The SMILES string of the molecule is CC(C(N)=S)N(C)C(=O)c1c[nH]ccc1=O. The minimum Gasteiger partial charge on any atom is -0.392 e.